The first-order chi connectivity index (χ1) is 11.7. The van der Waals surface area contributed by atoms with Crippen molar-refractivity contribution in [1.82, 2.24) is 0 Å². The van der Waals surface area contributed by atoms with Gasteiger partial charge in [0.05, 0.1) is 19.6 Å². The summed E-state index contributed by atoms with van der Waals surface area (Å²) in [4.78, 5) is 35.3. The Kier molecular flexibility index (Phi) is 5.65. The van der Waals surface area contributed by atoms with Gasteiger partial charge in [-0.25, -0.2) is 0 Å². The number of esters is 2. The number of ether oxygens (including phenoxy) is 5. The quantitative estimate of drug-likeness (QED) is 0.288. The maximum Gasteiger partial charge on any atom is 0.320 e. The normalized spacial score (nSPS) is 32.9. The molecule has 0 spiro atoms. The molecule has 0 amide bonds. The van der Waals surface area contributed by atoms with E-state index in [4.69, 9.17) is 14.2 Å². The predicted octanol–water partition coefficient (Wildman–Crippen LogP) is 0.976. The van der Waals surface area contributed by atoms with Crippen LogP contribution in [-0.4, -0.2) is 56.7 Å². The lowest BCUT2D eigenvalue weighted by Gasteiger charge is -2.34. The van der Waals surface area contributed by atoms with Gasteiger partial charge in [0.25, 0.3) is 0 Å². The van der Waals surface area contributed by atoms with Crippen LogP contribution in [0.5, 0.6) is 0 Å². The first-order valence-corrected chi connectivity index (χ1v) is 8.00. The van der Waals surface area contributed by atoms with Gasteiger partial charge in [-0.1, -0.05) is 6.08 Å². The minimum atomic E-state index is -1.10. The summed E-state index contributed by atoms with van der Waals surface area (Å²) in [7, 11) is 2.39. The molecule has 2 aliphatic heterocycles. The standard InChI is InChI=1S/C17H24O8/c1-6-17(8-7-10(13(19)21-4)14(20)22-5)11(9-18)23-15-12(17)24-16(2,3)25-15/h6,9-12,15H,1,7-8H2,2-5H3/t11-,12+,15-,17+/m1/s1. The van der Waals surface area contributed by atoms with E-state index in [-0.39, 0.29) is 12.8 Å². The Morgan fingerprint density at radius 2 is 1.80 bits per heavy atom. The third-order valence-corrected chi connectivity index (χ3v) is 4.74. The Balaban J connectivity index is 2.25. The molecule has 2 saturated heterocycles. The molecule has 2 fully saturated rings. The zero-order valence-electron chi connectivity index (χ0n) is 14.9. The van der Waals surface area contributed by atoms with Crippen LogP contribution >= 0.6 is 0 Å². The van der Waals surface area contributed by atoms with Gasteiger partial charge >= 0.3 is 11.9 Å². The van der Waals surface area contributed by atoms with Crippen LogP contribution in [0.2, 0.25) is 0 Å². The van der Waals surface area contributed by atoms with E-state index < -0.39 is 47.6 Å². The van der Waals surface area contributed by atoms with Crippen molar-refractivity contribution in [1.29, 1.82) is 0 Å². The summed E-state index contributed by atoms with van der Waals surface area (Å²) in [5, 5.41) is 0. The zero-order chi connectivity index (χ0) is 18.8. The summed E-state index contributed by atoms with van der Waals surface area (Å²) in [5.74, 6) is -3.38. The van der Waals surface area contributed by atoms with Gasteiger partial charge in [-0.05, 0) is 26.7 Å². The fraction of sp³-hybridized carbons (Fsp3) is 0.706. The third-order valence-electron chi connectivity index (χ3n) is 4.74. The van der Waals surface area contributed by atoms with Gasteiger partial charge in [-0.2, -0.15) is 0 Å². The second-order valence-electron chi connectivity index (χ2n) is 6.57. The average molecular weight is 356 g/mol. The van der Waals surface area contributed by atoms with E-state index in [2.05, 4.69) is 16.1 Å². The first-order valence-electron chi connectivity index (χ1n) is 8.00. The summed E-state index contributed by atoms with van der Waals surface area (Å²) in [5.41, 5.74) is -0.930. The number of fused-ring (bicyclic) bond motifs is 1. The van der Waals surface area contributed by atoms with Crippen LogP contribution < -0.4 is 0 Å². The van der Waals surface area contributed by atoms with E-state index in [9.17, 15) is 14.4 Å². The van der Waals surface area contributed by atoms with Crippen LogP contribution in [0.1, 0.15) is 26.7 Å². The van der Waals surface area contributed by atoms with Crippen molar-refractivity contribution in [3.63, 3.8) is 0 Å². The molecule has 8 heteroatoms. The Labute approximate surface area is 146 Å². The van der Waals surface area contributed by atoms with Gasteiger partial charge < -0.3 is 28.5 Å². The van der Waals surface area contributed by atoms with E-state index in [0.717, 1.165) is 0 Å². The number of carbonyl (C=O) groups is 3. The third kappa shape index (κ3) is 3.47. The highest BCUT2D eigenvalue weighted by Gasteiger charge is 2.62. The van der Waals surface area contributed by atoms with Crippen LogP contribution in [0.15, 0.2) is 12.7 Å². The van der Waals surface area contributed by atoms with Crippen molar-refractivity contribution < 1.29 is 38.1 Å². The summed E-state index contributed by atoms with van der Waals surface area (Å²) in [6.07, 6.45) is 0.399. The number of rotatable bonds is 7. The van der Waals surface area contributed by atoms with E-state index in [0.29, 0.717) is 6.29 Å². The SMILES string of the molecule is C=C[C@]1(CCC(C(=O)OC)C(=O)OC)[C@@H](C=O)O[C@@H]2OC(C)(C)O[C@@H]21. The molecule has 25 heavy (non-hydrogen) atoms. The second kappa shape index (κ2) is 7.23. The summed E-state index contributed by atoms with van der Waals surface area (Å²) in [6, 6.07) is 0. The van der Waals surface area contributed by atoms with Gasteiger partial charge in [0.1, 0.15) is 18.5 Å². The fourth-order valence-corrected chi connectivity index (χ4v) is 3.41. The van der Waals surface area contributed by atoms with Gasteiger partial charge in [0.15, 0.2) is 18.0 Å². The van der Waals surface area contributed by atoms with Crippen molar-refractivity contribution in [2.45, 2.75) is 51.0 Å². The minimum absolute atomic E-state index is 0.0894. The summed E-state index contributed by atoms with van der Waals surface area (Å²) in [6.45, 7) is 7.30. The van der Waals surface area contributed by atoms with Crippen molar-refractivity contribution in [3.8, 4) is 0 Å². The van der Waals surface area contributed by atoms with E-state index in [1.54, 1.807) is 19.9 Å². The lowest BCUT2D eigenvalue weighted by molar-refractivity contribution is -0.213. The number of hydrogen-bond donors (Lipinski definition) is 0. The molecule has 2 rings (SSSR count). The molecule has 140 valence electrons. The molecule has 2 aliphatic rings. The van der Waals surface area contributed by atoms with E-state index >= 15 is 0 Å². The molecule has 8 nitrogen and oxygen atoms in total. The summed E-state index contributed by atoms with van der Waals surface area (Å²) >= 11 is 0. The highest BCUT2D eigenvalue weighted by molar-refractivity contribution is 5.94. The van der Waals surface area contributed by atoms with Crippen molar-refractivity contribution in [2.75, 3.05) is 14.2 Å². The topological polar surface area (TPSA) is 97.4 Å². The van der Waals surface area contributed by atoms with Gasteiger partial charge in [-0.15, -0.1) is 6.58 Å². The molecule has 0 aromatic carbocycles. The smallest absolute Gasteiger partial charge is 0.320 e. The Bertz CT molecular complexity index is 541. The average Bonchev–Trinajstić information content (AvgIpc) is 3.04. The zero-order valence-corrected chi connectivity index (χ0v) is 14.9. The molecule has 0 aromatic heterocycles. The number of hydrogen-bond acceptors (Lipinski definition) is 8. The second-order valence-corrected chi connectivity index (χ2v) is 6.57. The van der Waals surface area contributed by atoms with Crippen LogP contribution in [0.25, 0.3) is 0 Å². The monoisotopic (exact) mass is 356 g/mol. The summed E-state index contributed by atoms with van der Waals surface area (Å²) < 4.78 is 26.6. The maximum atomic E-state index is 11.9. The molecule has 0 saturated carbocycles. The first kappa shape index (κ1) is 19.6. The largest absolute Gasteiger partial charge is 0.468 e. The Morgan fingerprint density at radius 1 is 1.20 bits per heavy atom. The minimum Gasteiger partial charge on any atom is -0.468 e. The molecule has 0 aromatic rings. The molecular formula is C17H24O8. The van der Waals surface area contributed by atoms with Crippen molar-refractivity contribution in [2.24, 2.45) is 11.3 Å². The number of carbonyl (C=O) groups excluding carboxylic acids is 3. The molecule has 0 bridgehead atoms. The van der Waals surface area contributed by atoms with E-state index in [1.165, 1.54) is 14.2 Å². The number of methoxy groups -OCH3 is 2. The predicted molar refractivity (Wildman–Crippen MR) is 84.1 cm³/mol. The van der Waals surface area contributed by atoms with Gasteiger partial charge in [0.2, 0.25) is 0 Å². The lowest BCUT2D eigenvalue weighted by Crippen LogP contribution is -2.42. The van der Waals surface area contributed by atoms with Gasteiger partial charge in [0, 0.05) is 0 Å². The maximum absolute atomic E-state index is 11.9. The van der Waals surface area contributed by atoms with Crippen LogP contribution in [-0.2, 0) is 38.1 Å². The molecule has 4 atom stereocenters. The molecule has 0 aliphatic carbocycles. The number of aldehydes is 1. The Hall–Kier alpha value is -1.77. The van der Waals surface area contributed by atoms with Crippen molar-refractivity contribution >= 4 is 18.2 Å². The van der Waals surface area contributed by atoms with Crippen LogP contribution in [0.3, 0.4) is 0 Å². The molecule has 2 heterocycles. The highest BCUT2D eigenvalue weighted by atomic mass is 16.8. The molecule has 0 N–H and O–H groups in total. The van der Waals surface area contributed by atoms with Crippen LogP contribution in [0, 0.1) is 11.3 Å². The lowest BCUT2D eigenvalue weighted by atomic mass is 9.73. The molecular weight excluding hydrogens is 332 g/mol. The molecule has 0 radical (unpaired) electrons. The van der Waals surface area contributed by atoms with Crippen LogP contribution in [0.4, 0.5) is 0 Å². The fourth-order valence-electron chi connectivity index (χ4n) is 3.41. The highest BCUT2D eigenvalue weighted by Crippen LogP contribution is 2.51. The van der Waals surface area contributed by atoms with Crippen molar-refractivity contribution in [3.05, 3.63) is 12.7 Å². The molecule has 0 unspecified atom stereocenters. The van der Waals surface area contributed by atoms with Gasteiger partial charge in [-0.3, -0.25) is 9.59 Å². The van der Waals surface area contributed by atoms with E-state index in [1.807, 2.05) is 0 Å². The Morgan fingerprint density at radius 3 is 2.28 bits per heavy atom.